The molecule has 3 rings (SSSR count). The number of aromatic hydroxyl groups is 1. The molecule has 1 amide bonds. The fraction of sp³-hybridized carbons (Fsp3) is 0.450. The SMILES string of the molecule is CC(C)C[C@H](NC(=O)C(O)[C@@H]1C=CC(=O)O1)[C@@H]1Cc2cccc(O)c2C(=O)O1. The van der Waals surface area contributed by atoms with Gasteiger partial charge in [0.2, 0.25) is 0 Å². The van der Waals surface area contributed by atoms with E-state index < -0.39 is 42.2 Å². The number of carbonyl (C=O) groups excluding carboxylic acids is 3. The number of esters is 2. The average Bonchev–Trinajstić information content (AvgIpc) is 3.06. The molecule has 150 valence electrons. The molecule has 0 fully saturated rings. The van der Waals surface area contributed by atoms with Crippen molar-refractivity contribution < 1.29 is 34.1 Å². The van der Waals surface area contributed by atoms with E-state index in [1.807, 2.05) is 13.8 Å². The number of fused-ring (bicyclic) bond motifs is 1. The normalized spacial score (nSPS) is 23.0. The van der Waals surface area contributed by atoms with E-state index in [0.29, 0.717) is 18.4 Å². The number of phenolic OH excluding ortho intramolecular Hbond substituents is 1. The van der Waals surface area contributed by atoms with E-state index in [1.165, 1.54) is 12.1 Å². The first-order valence-corrected chi connectivity index (χ1v) is 9.15. The Hall–Kier alpha value is -2.87. The van der Waals surface area contributed by atoms with E-state index >= 15 is 0 Å². The van der Waals surface area contributed by atoms with Crippen molar-refractivity contribution in [2.45, 2.75) is 51.0 Å². The van der Waals surface area contributed by atoms with Crippen LogP contribution in [-0.2, 0) is 25.5 Å². The van der Waals surface area contributed by atoms with E-state index in [-0.39, 0.29) is 17.2 Å². The Morgan fingerprint density at radius 1 is 1.29 bits per heavy atom. The van der Waals surface area contributed by atoms with Gasteiger partial charge in [0.05, 0.1) is 6.04 Å². The minimum absolute atomic E-state index is 0.136. The number of carbonyl (C=O) groups is 3. The first-order chi connectivity index (χ1) is 13.3. The van der Waals surface area contributed by atoms with Gasteiger partial charge in [-0.2, -0.15) is 0 Å². The van der Waals surface area contributed by atoms with Crippen molar-refractivity contribution in [3.63, 3.8) is 0 Å². The van der Waals surface area contributed by atoms with Gasteiger partial charge in [-0.05, 0) is 30.0 Å². The lowest BCUT2D eigenvalue weighted by Crippen LogP contribution is -2.53. The fourth-order valence-electron chi connectivity index (χ4n) is 3.46. The molecule has 28 heavy (non-hydrogen) atoms. The summed E-state index contributed by atoms with van der Waals surface area (Å²) in [5, 5.41) is 22.8. The molecule has 0 saturated carbocycles. The van der Waals surface area contributed by atoms with Crippen molar-refractivity contribution in [1.82, 2.24) is 5.32 Å². The predicted octanol–water partition coefficient (Wildman–Crippen LogP) is 0.847. The minimum atomic E-state index is -1.56. The maximum absolute atomic E-state index is 12.5. The molecule has 0 aromatic heterocycles. The van der Waals surface area contributed by atoms with E-state index in [2.05, 4.69) is 5.32 Å². The Balaban J connectivity index is 1.75. The van der Waals surface area contributed by atoms with Gasteiger partial charge in [-0.1, -0.05) is 26.0 Å². The third-order valence-electron chi connectivity index (χ3n) is 4.77. The van der Waals surface area contributed by atoms with Gasteiger partial charge in [0.25, 0.3) is 5.91 Å². The summed E-state index contributed by atoms with van der Waals surface area (Å²) in [7, 11) is 0. The van der Waals surface area contributed by atoms with Gasteiger partial charge in [0.15, 0.2) is 12.2 Å². The second kappa shape index (κ2) is 8.02. The van der Waals surface area contributed by atoms with E-state index in [0.717, 1.165) is 6.08 Å². The van der Waals surface area contributed by atoms with Gasteiger partial charge in [-0.15, -0.1) is 0 Å². The number of amides is 1. The summed E-state index contributed by atoms with van der Waals surface area (Å²) in [5.41, 5.74) is 0.772. The molecule has 1 aromatic rings. The van der Waals surface area contributed by atoms with Crippen LogP contribution in [-0.4, -0.2) is 52.4 Å². The zero-order valence-electron chi connectivity index (χ0n) is 15.6. The lowest BCUT2D eigenvalue weighted by Gasteiger charge is -2.33. The van der Waals surface area contributed by atoms with E-state index in [9.17, 15) is 24.6 Å². The number of hydrogen-bond donors (Lipinski definition) is 3. The second-order valence-electron chi connectivity index (χ2n) is 7.41. The number of nitrogens with one attached hydrogen (secondary N) is 1. The average molecular weight is 389 g/mol. The second-order valence-corrected chi connectivity index (χ2v) is 7.41. The Morgan fingerprint density at radius 3 is 2.68 bits per heavy atom. The summed E-state index contributed by atoms with van der Waals surface area (Å²) in [5.74, 6) is -1.95. The monoisotopic (exact) mass is 389 g/mol. The molecular formula is C20H23NO7. The van der Waals surface area contributed by atoms with Gasteiger partial charge in [0.1, 0.15) is 17.4 Å². The summed E-state index contributed by atoms with van der Waals surface area (Å²) in [6, 6.07) is 4.24. The highest BCUT2D eigenvalue weighted by Gasteiger charge is 2.37. The molecular weight excluding hydrogens is 366 g/mol. The summed E-state index contributed by atoms with van der Waals surface area (Å²) in [6.07, 6.45) is 0.0450. The van der Waals surface area contributed by atoms with Gasteiger partial charge in [0, 0.05) is 12.5 Å². The molecule has 8 heteroatoms. The summed E-state index contributed by atoms with van der Waals surface area (Å²) in [4.78, 5) is 36.0. The zero-order valence-corrected chi connectivity index (χ0v) is 15.6. The van der Waals surface area contributed by atoms with Crippen molar-refractivity contribution >= 4 is 17.8 Å². The maximum atomic E-state index is 12.5. The minimum Gasteiger partial charge on any atom is -0.507 e. The number of ether oxygens (including phenoxy) is 2. The van der Waals surface area contributed by atoms with Crippen molar-refractivity contribution in [2.75, 3.05) is 0 Å². The van der Waals surface area contributed by atoms with Crippen molar-refractivity contribution in [3.8, 4) is 5.75 Å². The van der Waals surface area contributed by atoms with Crippen LogP contribution in [0, 0.1) is 5.92 Å². The first kappa shape index (κ1) is 19.9. The van der Waals surface area contributed by atoms with Crippen molar-refractivity contribution in [2.24, 2.45) is 5.92 Å². The molecule has 2 aliphatic rings. The molecule has 0 radical (unpaired) electrons. The predicted molar refractivity (Wildman–Crippen MR) is 97.4 cm³/mol. The molecule has 0 bridgehead atoms. The Labute approximate surface area is 162 Å². The van der Waals surface area contributed by atoms with E-state index in [4.69, 9.17) is 9.47 Å². The van der Waals surface area contributed by atoms with Gasteiger partial charge < -0.3 is 25.0 Å². The third kappa shape index (κ3) is 4.17. The highest BCUT2D eigenvalue weighted by atomic mass is 16.6. The number of aliphatic hydroxyl groups is 1. The summed E-state index contributed by atoms with van der Waals surface area (Å²) < 4.78 is 10.3. The van der Waals surface area contributed by atoms with Crippen LogP contribution in [0.5, 0.6) is 5.75 Å². The summed E-state index contributed by atoms with van der Waals surface area (Å²) in [6.45, 7) is 3.92. The quantitative estimate of drug-likeness (QED) is 0.617. The van der Waals surface area contributed by atoms with Crippen LogP contribution >= 0.6 is 0 Å². The Bertz CT molecular complexity index is 817. The third-order valence-corrected chi connectivity index (χ3v) is 4.77. The molecule has 1 aromatic carbocycles. The van der Waals surface area contributed by atoms with E-state index in [1.54, 1.807) is 12.1 Å². The van der Waals surface area contributed by atoms with Crippen LogP contribution in [0.15, 0.2) is 30.4 Å². The van der Waals surface area contributed by atoms with Crippen molar-refractivity contribution in [3.05, 3.63) is 41.5 Å². The summed E-state index contributed by atoms with van der Waals surface area (Å²) >= 11 is 0. The Kier molecular flexibility index (Phi) is 5.69. The number of aliphatic hydroxyl groups excluding tert-OH is 1. The molecule has 0 spiro atoms. The zero-order chi connectivity index (χ0) is 20.4. The largest absolute Gasteiger partial charge is 0.507 e. The van der Waals surface area contributed by atoms with Crippen LogP contribution in [0.2, 0.25) is 0 Å². The van der Waals surface area contributed by atoms with Crippen LogP contribution in [0.1, 0.15) is 36.2 Å². The van der Waals surface area contributed by atoms with Crippen LogP contribution in [0.25, 0.3) is 0 Å². The first-order valence-electron chi connectivity index (χ1n) is 9.15. The van der Waals surface area contributed by atoms with Gasteiger partial charge >= 0.3 is 11.9 Å². The van der Waals surface area contributed by atoms with Gasteiger partial charge in [-0.25, -0.2) is 9.59 Å². The van der Waals surface area contributed by atoms with Crippen LogP contribution < -0.4 is 5.32 Å². The molecule has 1 unspecified atom stereocenters. The fourth-order valence-corrected chi connectivity index (χ4v) is 3.46. The van der Waals surface area contributed by atoms with Gasteiger partial charge in [-0.3, -0.25) is 4.79 Å². The molecule has 3 N–H and O–H groups in total. The molecule has 0 aliphatic carbocycles. The number of benzene rings is 1. The number of hydrogen-bond acceptors (Lipinski definition) is 7. The Morgan fingerprint density at radius 2 is 2.04 bits per heavy atom. The number of phenols is 1. The standard InChI is InChI=1S/C20H23NO7/c1-10(2)8-12(21-19(25)18(24)14-6-7-16(23)27-14)15-9-11-4-3-5-13(22)17(11)20(26)28-15/h3-7,10,12,14-15,18,22,24H,8-9H2,1-2H3,(H,21,25)/t12-,14-,15-,18?/m0/s1. The highest BCUT2D eigenvalue weighted by molar-refractivity contribution is 5.95. The van der Waals surface area contributed by atoms with Crippen LogP contribution in [0.3, 0.4) is 0 Å². The molecule has 8 nitrogen and oxygen atoms in total. The smallest absolute Gasteiger partial charge is 0.342 e. The lowest BCUT2D eigenvalue weighted by molar-refractivity contribution is -0.148. The molecule has 4 atom stereocenters. The molecule has 2 aliphatic heterocycles. The topological polar surface area (TPSA) is 122 Å². The maximum Gasteiger partial charge on any atom is 0.342 e. The molecule has 0 saturated heterocycles. The van der Waals surface area contributed by atoms with Crippen molar-refractivity contribution in [1.29, 1.82) is 0 Å². The lowest BCUT2D eigenvalue weighted by atomic mass is 9.90. The highest BCUT2D eigenvalue weighted by Crippen LogP contribution is 2.30. The number of cyclic esters (lactones) is 2. The molecule has 2 heterocycles. The van der Waals surface area contributed by atoms with Crippen LogP contribution in [0.4, 0.5) is 0 Å². The number of rotatable bonds is 6.